The molecule has 0 aromatic heterocycles. The van der Waals surface area contributed by atoms with Crippen molar-refractivity contribution in [3.63, 3.8) is 0 Å². The van der Waals surface area contributed by atoms with E-state index in [0.717, 1.165) is 12.2 Å². The second-order valence-corrected chi connectivity index (χ2v) is 4.58. The summed E-state index contributed by atoms with van der Waals surface area (Å²) in [5.74, 6) is 0.142. The molecule has 0 amide bonds. The number of carbonyl (C=O) groups is 2. The third-order valence-corrected chi connectivity index (χ3v) is 2.95. The summed E-state index contributed by atoms with van der Waals surface area (Å²) < 4.78 is 10.9. The highest BCUT2D eigenvalue weighted by Gasteiger charge is 2.23. The number of para-hydroxylation sites is 2. The Labute approximate surface area is 127 Å². The Morgan fingerprint density at radius 1 is 0.545 bits per heavy atom. The highest BCUT2D eigenvalue weighted by Crippen LogP contribution is 2.20. The fourth-order valence-electron chi connectivity index (χ4n) is 1.91. The van der Waals surface area contributed by atoms with Gasteiger partial charge in [-0.1, -0.05) is 36.4 Å². The van der Waals surface area contributed by atoms with Crippen molar-refractivity contribution in [1.82, 2.24) is 0 Å². The first kappa shape index (κ1) is 13.8. The second-order valence-electron chi connectivity index (χ2n) is 4.58. The summed E-state index contributed by atoms with van der Waals surface area (Å²) in [7, 11) is 0. The highest BCUT2D eigenvalue weighted by molar-refractivity contribution is 6.18. The van der Waals surface area contributed by atoms with Gasteiger partial charge in [0.05, 0.1) is 0 Å². The largest absolute Gasteiger partial charge is 0.453 e. The smallest absolute Gasteiger partial charge is 0.225 e. The molecule has 0 radical (unpaired) electrons. The lowest BCUT2D eigenvalue weighted by Crippen LogP contribution is -2.19. The summed E-state index contributed by atoms with van der Waals surface area (Å²) in [5, 5.41) is 0. The summed E-state index contributed by atoms with van der Waals surface area (Å²) in [4.78, 5) is 24.1. The number of benzene rings is 2. The molecule has 1 aliphatic rings. The van der Waals surface area contributed by atoms with Gasteiger partial charge in [0.1, 0.15) is 11.5 Å². The van der Waals surface area contributed by atoms with E-state index in [1.54, 1.807) is 48.5 Å². The van der Waals surface area contributed by atoms with Gasteiger partial charge in [0.15, 0.2) is 11.5 Å². The van der Waals surface area contributed by atoms with E-state index in [9.17, 15) is 9.59 Å². The molecule has 0 bridgehead atoms. The van der Waals surface area contributed by atoms with Gasteiger partial charge in [0, 0.05) is 12.2 Å². The molecule has 4 heteroatoms. The van der Waals surface area contributed by atoms with Gasteiger partial charge in [-0.15, -0.1) is 0 Å². The molecule has 4 nitrogen and oxygen atoms in total. The van der Waals surface area contributed by atoms with Crippen LogP contribution in [0.5, 0.6) is 11.5 Å². The van der Waals surface area contributed by atoms with Crippen molar-refractivity contribution in [3.05, 3.63) is 84.3 Å². The van der Waals surface area contributed by atoms with Crippen molar-refractivity contribution in [3.8, 4) is 11.5 Å². The lowest BCUT2D eigenvalue weighted by Gasteiger charge is -2.13. The second kappa shape index (κ2) is 6.10. The van der Waals surface area contributed by atoms with Gasteiger partial charge in [-0.25, -0.2) is 0 Å². The van der Waals surface area contributed by atoms with Crippen molar-refractivity contribution in [2.24, 2.45) is 0 Å². The van der Waals surface area contributed by atoms with Crippen LogP contribution in [0.25, 0.3) is 0 Å². The first-order chi connectivity index (χ1) is 10.7. The average molecular weight is 292 g/mol. The molecular weight excluding hydrogens is 280 g/mol. The molecule has 0 spiro atoms. The van der Waals surface area contributed by atoms with Gasteiger partial charge < -0.3 is 9.47 Å². The molecule has 2 aromatic rings. The van der Waals surface area contributed by atoms with Gasteiger partial charge in [-0.05, 0) is 24.3 Å². The molecule has 3 rings (SSSR count). The Bertz CT molecular complexity index is 691. The van der Waals surface area contributed by atoms with Crippen LogP contribution in [0, 0.1) is 0 Å². The van der Waals surface area contributed by atoms with E-state index in [-0.39, 0.29) is 11.5 Å². The molecule has 0 saturated carbocycles. The molecule has 0 saturated heterocycles. The van der Waals surface area contributed by atoms with E-state index in [1.165, 1.54) is 0 Å². The number of hydrogen-bond donors (Lipinski definition) is 0. The number of ketones is 2. The number of allylic oxidation sites excluding steroid dienone is 2. The zero-order chi connectivity index (χ0) is 15.4. The number of carbonyl (C=O) groups excluding carboxylic acids is 2. The van der Waals surface area contributed by atoms with Crippen LogP contribution in [-0.2, 0) is 9.59 Å². The minimum atomic E-state index is -0.408. The predicted octanol–water partition coefficient (Wildman–Crippen LogP) is 3.06. The summed E-state index contributed by atoms with van der Waals surface area (Å²) in [6.45, 7) is 0. The SMILES string of the molecule is O=C1C=C(Oc2ccccc2)C(=O)C=C1Oc1ccccc1. The van der Waals surface area contributed by atoms with E-state index >= 15 is 0 Å². The van der Waals surface area contributed by atoms with Crippen LogP contribution in [0.3, 0.4) is 0 Å². The van der Waals surface area contributed by atoms with Crippen LogP contribution in [-0.4, -0.2) is 11.6 Å². The maximum Gasteiger partial charge on any atom is 0.225 e. The minimum Gasteiger partial charge on any atom is -0.453 e. The van der Waals surface area contributed by atoms with E-state index in [0.29, 0.717) is 11.5 Å². The molecule has 0 N–H and O–H groups in total. The third kappa shape index (κ3) is 3.12. The summed E-state index contributed by atoms with van der Waals surface area (Å²) >= 11 is 0. The minimum absolute atomic E-state index is 0.0170. The van der Waals surface area contributed by atoms with E-state index in [4.69, 9.17) is 9.47 Å². The molecule has 0 unspecified atom stereocenters. The van der Waals surface area contributed by atoms with E-state index in [2.05, 4.69) is 0 Å². The number of rotatable bonds is 4. The Morgan fingerprint density at radius 2 is 0.909 bits per heavy atom. The quantitative estimate of drug-likeness (QED) is 0.813. The Hall–Kier alpha value is -3.14. The first-order valence-electron chi connectivity index (χ1n) is 6.70. The molecular formula is C18H12O4. The third-order valence-electron chi connectivity index (χ3n) is 2.95. The van der Waals surface area contributed by atoms with Crippen molar-refractivity contribution in [2.75, 3.05) is 0 Å². The molecule has 108 valence electrons. The molecule has 0 fully saturated rings. The van der Waals surface area contributed by atoms with Crippen LogP contribution in [0.4, 0.5) is 0 Å². The molecule has 0 heterocycles. The maximum absolute atomic E-state index is 12.0. The summed E-state index contributed by atoms with van der Waals surface area (Å²) in [5.41, 5.74) is 0. The van der Waals surface area contributed by atoms with Gasteiger partial charge in [0.2, 0.25) is 11.6 Å². The number of hydrogen-bond acceptors (Lipinski definition) is 4. The molecule has 1 aliphatic carbocycles. The van der Waals surface area contributed by atoms with Gasteiger partial charge in [-0.2, -0.15) is 0 Å². The zero-order valence-corrected chi connectivity index (χ0v) is 11.6. The Balaban J connectivity index is 1.75. The molecule has 0 aliphatic heterocycles. The van der Waals surface area contributed by atoms with Gasteiger partial charge in [-0.3, -0.25) is 9.59 Å². The lowest BCUT2D eigenvalue weighted by atomic mass is 10.1. The Kier molecular flexibility index (Phi) is 3.83. The highest BCUT2D eigenvalue weighted by atomic mass is 16.5. The summed E-state index contributed by atoms with van der Waals surface area (Å²) in [6, 6.07) is 17.6. The predicted molar refractivity (Wildman–Crippen MR) is 80.3 cm³/mol. The first-order valence-corrected chi connectivity index (χ1v) is 6.70. The van der Waals surface area contributed by atoms with E-state index < -0.39 is 11.6 Å². The monoisotopic (exact) mass is 292 g/mol. The topological polar surface area (TPSA) is 52.6 Å². The normalized spacial score (nSPS) is 14.2. The number of ether oxygens (including phenoxy) is 2. The van der Waals surface area contributed by atoms with Crippen molar-refractivity contribution in [2.45, 2.75) is 0 Å². The van der Waals surface area contributed by atoms with Crippen molar-refractivity contribution in [1.29, 1.82) is 0 Å². The maximum atomic E-state index is 12.0. The lowest BCUT2D eigenvalue weighted by molar-refractivity contribution is -0.117. The Morgan fingerprint density at radius 3 is 1.27 bits per heavy atom. The van der Waals surface area contributed by atoms with Crippen LogP contribution >= 0.6 is 0 Å². The van der Waals surface area contributed by atoms with Crippen LogP contribution in [0.2, 0.25) is 0 Å². The molecule has 0 atom stereocenters. The van der Waals surface area contributed by atoms with Crippen LogP contribution in [0.1, 0.15) is 0 Å². The standard InChI is InChI=1S/C18H12O4/c19-15-12-18(22-14-9-5-2-6-10-14)16(20)11-17(15)21-13-7-3-1-4-8-13/h1-12H. The average Bonchev–Trinajstić information content (AvgIpc) is 2.54. The summed E-state index contributed by atoms with van der Waals surface area (Å²) in [6.07, 6.45) is 2.29. The zero-order valence-electron chi connectivity index (χ0n) is 11.6. The van der Waals surface area contributed by atoms with Gasteiger partial charge >= 0.3 is 0 Å². The van der Waals surface area contributed by atoms with E-state index in [1.807, 2.05) is 12.1 Å². The van der Waals surface area contributed by atoms with Crippen LogP contribution < -0.4 is 9.47 Å². The van der Waals surface area contributed by atoms with Crippen molar-refractivity contribution < 1.29 is 19.1 Å². The molecule has 2 aromatic carbocycles. The molecule has 22 heavy (non-hydrogen) atoms. The fraction of sp³-hybridized carbons (Fsp3) is 0. The van der Waals surface area contributed by atoms with Gasteiger partial charge in [0.25, 0.3) is 0 Å². The van der Waals surface area contributed by atoms with Crippen molar-refractivity contribution >= 4 is 11.6 Å². The fourth-order valence-corrected chi connectivity index (χ4v) is 1.91. The van der Waals surface area contributed by atoms with Crippen LogP contribution in [0.15, 0.2) is 84.3 Å².